The highest BCUT2D eigenvalue weighted by Crippen LogP contribution is 2.27. The lowest BCUT2D eigenvalue weighted by Gasteiger charge is -2.23. The van der Waals surface area contributed by atoms with Gasteiger partial charge in [0, 0.05) is 0 Å². The van der Waals surface area contributed by atoms with Crippen molar-refractivity contribution >= 4 is 7.12 Å². The van der Waals surface area contributed by atoms with Crippen molar-refractivity contribution in [2.75, 3.05) is 0 Å². The van der Waals surface area contributed by atoms with E-state index in [9.17, 15) is 0 Å². The molecule has 0 aromatic heterocycles. The van der Waals surface area contributed by atoms with Gasteiger partial charge in [-0.3, -0.25) is 0 Å². The van der Waals surface area contributed by atoms with Crippen molar-refractivity contribution in [2.24, 2.45) is 11.8 Å². The van der Waals surface area contributed by atoms with E-state index in [1.807, 2.05) is 27.7 Å². The fraction of sp³-hybridized carbons (Fsp3) is 1.00. The predicted octanol–water partition coefficient (Wildman–Crippen LogP) is 1.14. The lowest BCUT2D eigenvalue weighted by Crippen LogP contribution is -2.28. The van der Waals surface area contributed by atoms with Crippen molar-refractivity contribution in [3.63, 3.8) is 0 Å². The second-order valence-corrected chi connectivity index (χ2v) is 3.48. The molecule has 10 heavy (non-hydrogen) atoms. The van der Waals surface area contributed by atoms with Gasteiger partial charge in [-0.2, -0.15) is 0 Å². The summed E-state index contributed by atoms with van der Waals surface area (Å²) in [6.45, 7) is 8.02. The topological polar surface area (TPSA) is 40.5 Å². The zero-order valence-electron chi connectivity index (χ0n) is 7.20. The predicted molar refractivity (Wildman–Crippen MR) is 43.6 cm³/mol. The Morgan fingerprint density at radius 1 is 0.900 bits per heavy atom. The number of hydrogen-bond donors (Lipinski definition) is 2. The molecule has 2 nitrogen and oxygen atoms in total. The Bertz CT molecular complexity index is 72.6. The Balaban J connectivity index is 3.98. The van der Waals surface area contributed by atoms with Crippen molar-refractivity contribution in [3.8, 4) is 0 Å². The summed E-state index contributed by atoms with van der Waals surface area (Å²) in [5, 5.41) is 17.8. The molecule has 0 aliphatic carbocycles. The fourth-order valence-corrected chi connectivity index (χ4v) is 1.46. The first-order chi connectivity index (χ1) is 4.46. The highest BCUT2D eigenvalue weighted by Gasteiger charge is 2.28. The van der Waals surface area contributed by atoms with E-state index in [4.69, 9.17) is 10.0 Å². The summed E-state index contributed by atoms with van der Waals surface area (Å²) in [5.41, 5.74) is 0. The van der Waals surface area contributed by atoms with E-state index in [0.29, 0.717) is 11.8 Å². The molecule has 0 fully saturated rings. The van der Waals surface area contributed by atoms with Crippen LogP contribution in [0.25, 0.3) is 0 Å². The molecular weight excluding hydrogens is 127 g/mol. The van der Waals surface area contributed by atoms with Crippen LogP contribution in [0.5, 0.6) is 0 Å². The van der Waals surface area contributed by atoms with Crippen molar-refractivity contribution < 1.29 is 10.0 Å². The molecule has 0 bridgehead atoms. The largest absolute Gasteiger partial charge is 0.455 e. The van der Waals surface area contributed by atoms with Crippen LogP contribution in [-0.2, 0) is 0 Å². The van der Waals surface area contributed by atoms with Gasteiger partial charge in [0.15, 0.2) is 0 Å². The first kappa shape index (κ1) is 9.98. The summed E-state index contributed by atoms with van der Waals surface area (Å²) in [6.07, 6.45) is 0. The SMILES string of the molecule is CC(C)C(B(O)O)C(C)C. The Hall–Kier alpha value is -0.0151. The van der Waals surface area contributed by atoms with Crippen molar-refractivity contribution in [3.05, 3.63) is 0 Å². The first-order valence-electron chi connectivity index (χ1n) is 3.83. The lowest BCUT2D eigenvalue weighted by atomic mass is 9.61. The van der Waals surface area contributed by atoms with E-state index in [0.717, 1.165) is 0 Å². The molecule has 0 unspecified atom stereocenters. The number of rotatable bonds is 3. The van der Waals surface area contributed by atoms with Gasteiger partial charge in [0.25, 0.3) is 0 Å². The van der Waals surface area contributed by atoms with Crippen LogP contribution in [0.1, 0.15) is 27.7 Å². The van der Waals surface area contributed by atoms with Gasteiger partial charge in [-0.15, -0.1) is 0 Å². The van der Waals surface area contributed by atoms with Gasteiger partial charge in [0.2, 0.25) is 0 Å². The van der Waals surface area contributed by atoms with Crippen LogP contribution < -0.4 is 0 Å². The molecule has 2 N–H and O–H groups in total. The monoisotopic (exact) mass is 144 g/mol. The smallest absolute Gasteiger partial charge is 0.427 e. The third kappa shape index (κ3) is 2.71. The average Bonchev–Trinajstić information content (AvgIpc) is 1.59. The average molecular weight is 144 g/mol. The zero-order valence-corrected chi connectivity index (χ0v) is 7.20. The maximum Gasteiger partial charge on any atom is 0.455 e. The first-order valence-corrected chi connectivity index (χ1v) is 3.83. The summed E-state index contributed by atoms with van der Waals surface area (Å²) < 4.78 is 0. The summed E-state index contributed by atoms with van der Waals surface area (Å²) >= 11 is 0. The van der Waals surface area contributed by atoms with Crippen LogP contribution >= 0.6 is 0 Å². The lowest BCUT2D eigenvalue weighted by molar-refractivity contribution is 0.324. The quantitative estimate of drug-likeness (QED) is 0.583. The maximum atomic E-state index is 8.91. The van der Waals surface area contributed by atoms with Crippen molar-refractivity contribution in [2.45, 2.75) is 33.5 Å². The van der Waals surface area contributed by atoms with Crippen LogP contribution in [0, 0.1) is 11.8 Å². The molecule has 0 aliphatic heterocycles. The van der Waals surface area contributed by atoms with Crippen LogP contribution in [0.15, 0.2) is 0 Å². The van der Waals surface area contributed by atoms with Crippen LogP contribution in [0.3, 0.4) is 0 Å². The van der Waals surface area contributed by atoms with Gasteiger partial charge in [0.1, 0.15) is 0 Å². The summed E-state index contributed by atoms with van der Waals surface area (Å²) in [4.78, 5) is 0. The molecule has 60 valence electrons. The minimum Gasteiger partial charge on any atom is -0.427 e. The molecule has 0 amide bonds. The highest BCUT2D eigenvalue weighted by atomic mass is 16.4. The Morgan fingerprint density at radius 2 is 1.20 bits per heavy atom. The third-order valence-corrected chi connectivity index (χ3v) is 1.88. The van der Waals surface area contributed by atoms with Gasteiger partial charge < -0.3 is 10.0 Å². The fourth-order valence-electron chi connectivity index (χ4n) is 1.46. The van der Waals surface area contributed by atoms with Gasteiger partial charge in [-0.25, -0.2) is 0 Å². The number of hydrogen-bond acceptors (Lipinski definition) is 2. The van der Waals surface area contributed by atoms with E-state index >= 15 is 0 Å². The van der Waals surface area contributed by atoms with Gasteiger partial charge in [-0.05, 0) is 17.7 Å². The summed E-state index contributed by atoms with van der Waals surface area (Å²) in [5.74, 6) is 0.667. The second-order valence-electron chi connectivity index (χ2n) is 3.48. The van der Waals surface area contributed by atoms with Crippen LogP contribution in [-0.4, -0.2) is 17.2 Å². The Morgan fingerprint density at radius 3 is 1.20 bits per heavy atom. The standard InChI is InChI=1S/C7H17BO2/c1-5(2)7(6(3)4)8(9)10/h5-7,9-10H,1-4H3. The summed E-state index contributed by atoms with van der Waals surface area (Å²) in [6, 6.07) is 0. The molecule has 0 radical (unpaired) electrons. The molecule has 0 saturated carbocycles. The minimum atomic E-state index is -1.17. The Kier molecular flexibility index (Phi) is 3.98. The molecular formula is C7H17BO2. The molecule has 0 spiro atoms. The third-order valence-electron chi connectivity index (χ3n) is 1.88. The van der Waals surface area contributed by atoms with Crippen LogP contribution in [0.2, 0.25) is 5.82 Å². The molecule has 0 aromatic rings. The van der Waals surface area contributed by atoms with Crippen LogP contribution in [0.4, 0.5) is 0 Å². The highest BCUT2D eigenvalue weighted by molar-refractivity contribution is 6.43. The van der Waals surface area contributed by atoms with Gasteiger partial charge in [-0.1, -0.05) is 27.7 Å². The normalized spacial score (nSPS) is 11.7. The van der Waals surface area contributed by atoms with E-state index in [-0.39, 0.29) is 5.82 Å². The molecule has 0 heterocycles. The van der Waals surface area contributed by atoms with E-state index in [2.05, 4.69) is 0 Å². The second kappa shape index (κ2) is 3.99. The summed E-state index contributed by atoms with van der Waals surface area (Å²) in [7, 11) is -1.17. The van der Waals surface area contributed by atoms with E-state index in [1.54, 1.807) is 0 Å². The van der Waals surface area contributed by atoms with Gasteiger partial charge >= 0.3 is 7.12 Å². The maximum absolute atomic E-state index is 8.91. The van der Waals surface area contributed by atoms with Crippen molar-refractivity contribution in [1.29, 1.82) is 0 Å². The van der Waals surface area contributed by atoms with E-state index < -0.39 is 7.12 Å². The molecule has 0 saturated heterocycles. The molecule has 0 aromatic carbocycles. The van der Waals surface area contributed by atoms with Gasteiger partial charge in [0.05, 0.1) is 0 Å². The molecule has 0 atom stereocenters. The Labute approximate surface area is 63.4 Å². The molecule has 3 heteroatoms. The zero-order chi connectivity index (χ0) is 8.31. The van der Waals surface area contributed by atoms with Crippen molar-refractivity contribution in [1.82, 2.24) is 0 Å². The van der Waals surface area contributed by atoms with E-state index in [1.165, 1.54) is 0 Å². The minimum absolute atomic E-state index is 0.000000000000000444. The molecule has 0 rings (SSSR count). The molecule has 0 aliphatic rings.